The van der Waals surface area contributed by atoms with Crippen LogP contribution in [0.25, 0.3) is 17.2 Å². The second-order valence-corrected chi connectivity index (χ2v) is 3.58. The second-order valence-electron chi connectivity index (χ2n) is 3.58. The summed E-state index contributed by atoms with van der Waals surface area (Å²) in [5.41, 5.74) is 1.84. The largest absolute Gasteiger partial charge is 0.280 e. The SMILES string of the molecule is c1ccc(-n2cnnc2-c2ccccn2)cc1. The number of para-hydroxylation sites is 1. The van der Waals surface area contributed by atoms with Crippen molar-refractivity contribution in [3.05, 3.63) is 61.1 Å². The minimum absolute atomic E-state index is 0.747. The van der Waals surface area contributed by atoms with Crippen LogP contribution in [0.1, 0.15) is 0 Å². The molecular formula is C13H10N4. The molecule has 3 aromatic rings. The van der Waals surface area contributed by atoms with Gasteiger partial charge in [0.05, 0.1) is 0 Å². The van der Waals surface area contributed by atoms with Gasteiger partial charge in [-0.15, -0.1) is 10.2 Å². The number of aromatic nitrogens is 4. The maximum absolute atomic E-state index is 4.28. The molecule has 0 spiro atoms. The topological polar surface area (TPSA) is 43.6 Å². The van der Waals surface area contributed by atoms with Gasteiger partial charge >= 0.3 is 0 Å². The van der Waals surface area contributed by atoms with Crippen LogP contribution in [0, 0.1) is 0 Å². The molecule has 4 heteroatoms. The van der Waals surface area contributed by atoms with E-state index >= 15 is 0 Å². The van der Waals surface area contributed by atoms with Gasteiger partial charge in [-0.25, -0.2) is 0 Å². The Morgan fingerprint density at radius 2 is 1.71 bits per heavy atom. The van der Waals surface area contributed by atoms with E-state index in [2.05, 4.69) is 15.2 Å². The minimum Gasteiger partial charge on any atom is -0.280 e. The van der Waals surface area contributed by atoms with Crippen LogP contribution in [0.15, 0.2) is 61.1 Å². The summed E-state index contributed by atoms with van der Waals surface area (Å²) in [5.74, 6) is 0.747. The van der Waals surface area contributed by atoms with Crippen molar-refractivity contribution in [2.45, 2.75) is 0 Å². The average molecular weight is 222 g/mol. The van der Waals surface area contributed by atoms with E-state index < -0.39 is 0 Å². The highest BCUT2D eigenvalue weighted by atomic mass is 15.3. The highest BCUT2D eigenvalue weighted by molar-refractivity contribution is 5.52. The molecule has 1 aromatic carbocycles. The van der Waals surface area contributed by atoms with E-state index in [1.165, 1.54) is 0 Å². The van der Waals surface area contributed by atoms with Crippen LogP contribution in [0.4, 0.5) is 0 Å². The van der Waals surface area contributed by atoms with Gasteiger partial charge < -0.3 is 0 Å². The van der Waals surface area contributed by atoms with Crippen molar-refractivity contribution < 1.29 is 0 Å². The van der Waals surface area contributed by atoms with Crippen molar-refractivity contribution in [1.82, 2.24) is 19.7 Å². The van der Waals surface area contributed by atoms with E-state index in [0.29, 0.717) is 0 Å². The lowest BCUT2D eigenvalue weighted by Crippen LogP contribution is -1.96. The van der Waals surface area contributed by atoms with Gasteiger partial charge in [-0.1, -0.05) is 24.3 Å². The van der Waals surface area contributed by atoms with Gasteiger partial charge in [0.15, 0.2) is 5.82 Å². The summed E-state index contributed by atoms with van der Waals surface area (Å²) >= 11 is 0. The molecule has 0 aliphatic carbocycles. The van der Waals surface area contributed by atoms with Crippen LogP contribution >= 0.6 is 0 Å². The fourth-order valence-electron chi connectivity index (χ4n) is 1.68. The Morgan fingerprint density at radius 3 is 2.47 bits per heavy atom. The monoisotopic (exact) mass is 222 g/mol. The van der Waals surface area contributed by atoms with Crippen molar-refractivity contribution in [1.29, 1.82) is 0 Å². The molecule has 0 atom stereocenters. The van der Waals surface area contributed by atoms with Crippen LogP contribution in [-0.4, -0.2) is 19.7 Å². The third-order valence-electron chi connectivity index (χ3n) is 2.48. The second kappa shape index (κ2) is 4.17. The summed E-state index contributed by atoms with van der Waals surface area (Å²) in [4.78, 5) is 4.28. The van der Waals surface area contributed by atoms with Gasteiger partial charge in [-0.2, -0.15) is 0 Å². The smallest absolute Gasteiger partial charge is 0.186 e. The number of rotatable bonds is 2. The molecule has 2 aromatic heterocycles. The normalized spacial score (nSPS) is 10.4. The molecule has 0 fully saturated rings. The van der Waals surface area contributed by atoms with Crippen molar-refractivity contribution in [3.63, 3.8) is 0 Å². The summed E-state index contributed by atoms with van der Waals surface area (Å²) in [7, 11) is 0. The Balaban J connectivity index is 2.13. The van der Waals surface area contributed by atoms with Crippen molar-refractivity contribution in [2.75, 3.05) is 0 Å². The molecule has 0 aliphatic rings. The van der Waals surface area contributed by atoms with Crippen LogP contribution in [0.2, 0.25) is 0 Å². The zero-order chi connectivity index (χ0) is 11.5. The first kappa shape index (κ1) is 9.72. The van der Waals surface area contributed by atoms with Crippen molar-refractivity contribution in [3.8, 4) is 17.2 Å². The molecule has 0 bridgehead atoms. The maximum atomic E-state index is 4.28. The van der Waals surface area contributed by atoms with Crippen molar-refractivity contribution >= 4 is 0 Å². The summed E-state index contributed by atoms with van der Waals surface area (Å²) < 4.78 is 1.92. The zero-order valence-electron chi connectivity index (χ0n) is 9.06. The van der Waals surface area contributed by atoms with Crippen LogP contribution < -0.4 is 0 Å². The molecule has 17 heavy (non-hydrogen) atoms. The number of pyridine rings is 1. The van der Waals surface area contributed by atoms with Crippen LogP contribution in [0.5, 0.6) is 0 Å². The van der Waals surface area contributed by atoms with E-state index in [1.54, 1.807) is 12.5 Å². The number of hydrogen-bond acceptors (Lipinski definition) is 3. The Labute approximate surface area is 98.6 Å². The van der Waals surface area contributed by atoms with Gasteiger partial charge in [0.1, 0.15) is 12.0 Å². The number of nitrogens with zero attached hydrogens (tertiary/aromatic N) is 4. The van der Waals surface area contributed by atoms with E-state index in [0.717, 1.165) is 17.2 Å². The van der Waals surface area contributed by atoms with E-state index in [9.17, 15) is 0 Å². The van der Waals surface area contributed by atoms with E-state index in [-0.39, 0.29) is 0 Å². The maximum Gasteiger partial charge on any atom is 0.186 e. The summed E-state index contributed by atoms with van der Waals surface area (Å²) in [6.45, 7) is 0. The van der Waals surface area contributed by atoms with E-state index in [1.807, 2.05) is 53.1 Å². The first-order valence-electron chi connectivity index (χ1n) is 5.32. The fraction of sp³-hybridized carbons (Fsp3) is 0. The molecule has 2 heterocycles. The van der Waals surface area contributed by atoms with Gasteiger partial charge in [-0.3, -0.25) is 9.55 Å². The Kier molecular flexibility index (Phi) is 2.38. The zero-order valence-corrected chi connectivity index (χ0v) is 9.06. The van der Waals surface area contributed by atoms with Crippen LogP contribution in [-0.2, 0) is 0 Å². The van der Waals surface area contributed by atoms with Gasteiger partial charge in [0.2, 0.25) is 0 Å². The lowest BCUT2D eigenvalue weighted by molar-refractivity contribution is 1.05. The number of hydrogen-bond donors (Lipinski definition) is 0. The Bertz CT molecular complexity index is 548. The predicted molar refractivity (Wildman–Crippen MR) is 64.6 cm³/mol. The molecular weight excluding hydrogens is 212 g/mol. The summed E-state index contributed by atoms with van der Waals surface area (Å²) in [6.07, 6.45) is 3.44. The quantitative estimate of drug-likeness (QED) is 0.668. The van der Waals surface area contributed by atoms with Gasteiger partial charge in [0, 0.05) is 11.9 Å². The summed E-state index contributed by atoms with van der Waals surface area (Å²) in [5, 5.41) is 8.06. The summed E-state index contributed by atoms with van der Waals surface area (Å²) in [6, 6.07) is 15.7. The molecule has 3 rings (SSSR count). The molecule has 0 saturated heterocycles. The first-order chi connectivity index (χ1) is 8.45. The third-order valence-corrected chi connectivity index (χ3v) is 2.48. The minimum atomic E-state index is 0.747. The Morgan fingerprint density at radius 1 is 0.882 bits per heavy atom. The highest BCUT2D eigenvalue weighted by Gasteiger charge is 2.08. The number of benzene rings is 1. The average Bonchev–Trinajstić information content (AvgIpc) is 2.90. The molecule has 0 radical (unpaired) electrons. The molecule has 0 aliphatic heterocycles. The molecule has 0 N–H and O–H groups in total. The van der Waals surface area contributed by atoms with Gasteiger partial charge in [-0.05, 0) is 24.3 Å². The molecule has 0 unspecified atom stereocenters. The fourth-order valence-corrected chi connectivity index (χ4v) is 1.68. The molecule has 4 nitrogen and oxygen atoms in total. The molecule has 82 valence electrons. The van der Waals surface area contributed by atoms with E-state index in [4.69, 9.17) is 0 Å². The highest BCUT2D eigenvalue weighted by Crippen LogP contribution is 2.17. The molecule has 0 saturated carbocycles. The molecule has 0 amide bonds. The lowest BCUT2D eigenvalue weighted by atomic mass is 10.3. The Hall–Kier alpha value is -2.49. The van der Waals surface area contributed by atoms with Crippen LogP contribution in [0.3, 0.4) is 0 Å². The third kappa shape index (κ3) is 1.80. The standard InChI is InChI=1S/C13H10N4/c1-2-6-11(7-3-1)17-10-15-16-13(17)12-8-4-5-9-14-12/h1-10H. The predicted octanol–water partition coefficient (Wildman–Crippen LogP) is 2.33. The van der Waals surface area contributed by atoms with Crippen molar-refractivity contribution in [2.24, 2.45) is 0 Å². The van der Waals surface area contributed by atoms with Gasteiger partial charge in [0.25, 0.3) is 0 Å². The first-order valence-corrected chi connectivity index (χ1v) is 5.32. The lowest BCUT2D eigenvalue weighted by Gasteiger charge is -2.05.